The van der Waals surface area contributed by atoms with E-state index >= 15 is 0 Å². The number of carbonyl (C=O) groups is 2. The van der Waals surface area contributed by atoms with Crippen molar-refractivity contribution in [3.05, 3.63) is 29.8 Å². The van der Waals surface area contributed by atoms with Gasteiger partial charge in [-0.2, -0.15) is 0 Å². The molecule has 1 heterocycles. The third-order valence-corrected chi connectivity index (χ3v) is 4.28. The minimum atomic E-state index is -0.826. The number of ether oxygens (including phenoxy) is 1. The van der Waals surface area contributed by atoms with Gasteiger partial charge in [0.25, 0.3) is 0 Å². The molecule has 1 saturated heterocycles. The minimum absolute atomic E-state index is 0.145. The van der Waals surface area contributed by atoms with Crippen LogP contribution in [-0.4, -0.2) is 47.7 Å². The molecule has 1 aromatic carbocycles. The van der Waals surface area contributed by atoms with E-state index in [1.807, 2.05) is 45.0 Å². The highest BCUT2D eigenvalue weighted by Crippen LogP contribution is 2.21. The zero-order chi connectivity index (χ0) is 18.4. The Bertz CT molecular complexity index is 586. The molecule has 6 nitrogen and oxygen atoms in total. The van der Waals surface area contributed by atoms with Crippen LogP contribution in [0.15, 0.2) is 24.3 Å². The second-order valence-corrected chi connectivity index (χ2v) is 7.07. The number of piperidine rings is 1. The number of benzene rings is 1. The summed E-state index contributed by atoms with van der Waals surface area (Å²) >= 11 is 0. The molecule has 0 aromatic heterocycles. The summed E-state index contributed by atoms with van der Waals surface area (Å²) in [6.07, 6.45) is 1.50. The summed E-state index contributed by atoms with van der Waals surface area (Å²) in [5.74, 6) is -0.255. The number of amides is 2. The lowest BCUT2D eigenvalue weighted by molar-refractivity contribution is -0.143. The van der Waals surface area contributed by atoms with Crippen molar-refractivity contribution in [1.82, 2.24) is 10.2 Å². The Kier molecular flexibility index (Phi) is 6.67. The highest BCUT2D eigenvalue weighted by Gasteiger charge is 2.31. The van der Waals surface area contributed by atoms with Gasteiger partial charge in [0.05, 0.1) is 12.0 Å². The van der Waals surface area contributed by atoms with Crippen molar-refractivity contribution in [2.75, 3.05) is 19.6 Å². The third-order valence-electron chi connectivity index (χ3n) is 4.28. The molecule has 1 aliphatic heterocycles. The highest BCUT2D eigenvalue weighted by molar-refractivity contribution is 5.76. The van der Waals surface area contributed by atoms with Gasteiger partial charge in [-0.3, -0.25) is 4.79 Å². The van der Waals surface area contributed by atoms with Gasteiger partial charge >= 0.3 is 12.0 Å². The maximum Gasteiger partial charge on any atom is 0.317 e. The number of carboxylic acid groups (broad SMARTS) is 1. The molecule has 138 valence electrons. The van der Waals surface area contributed by atoms with Crippen LogP contribution >= 0.6 is 0 Å². The van der Waals surface area contributed by atoms with Gasteiger partial charge < -0.3 is 20.1 Å². The van der Waals surface area contributed by atoms with E-state index in [4.69, 9.17) is 4.74 Å². The summed E-state index contributed by atoms with van der Waals surface area (Å²) in [6, 6.07) is 7.67. The molecule has 1 aliphatic rings. The molecule has 2 N–H and O–H groups in total. The predicted octanol–water partition coefficient (Wildman–Crippen LogP) is 2.77. The van der Waals surface area contributed by atoms with Gasteiger partial charge in [0.1, 0.15) is 5.75 Å². The zero-order valence-corrected chi connectivity index (χ0v) is 15.2. The average Bonchev–Trinajstić information content (AvgIpc) is 2.55. The Morgan fingerprint density at radius 3 is 2.56 bits per heavy atom. The monoisotopic (exact) mass is 348 g/mol. The number of carbonyl (C=O) groups excluding carboxylic acids is 1. The second kappa shape index (κ2) is 8.74. The van der Waals surface area contributed by atoms with E-state index in [9.17, 15) is 14.7 Å². The van der Waals surface area contributed by atoms with Crippen LogP contribution in [0.3, 0.4) is 0 Å². The van der Waals surface area contributed by atoms with Crippen LogP contribution in [0.1, 0.15) is 32.8 Å². The molecular formula is C19H28N2O4. The van der Waals surface area contributed by atoms with Crippen molar-refractivity contribution in [1.29, 1.82) is 0 Å². The molecular weight excluding hydrogens is 320 g/mol. The van der Waals surface area contributed by atoms with Crippen LogP contribution in [0.4, 0.5) is 4.79 Å². The maximum atomic E-state index is 12.3. The fraction of sp³-hybridized carbons (Fsp3) is 0.579. The zero-order valence-electron chi connectivity index (χ0n) is 15.2. The SMILES string of the molecule is CC1CC(C(=O)O)CN(C(=O)NCCc2ccc(OC(C)C)cc2)C1. The first-order valence-corrected chi connectivity index (χ1v) is 8.86. The number of hydrogen-bond acceptors (Lipinski definition) is 3. The lowest BCUT2D eigenvalue weighted by atomic mass is 9.91. The van der Waals surface area contributed by atoms with Gasteiger partial charge in [-0.15, -0.1) is 0 Å². The number of hydrogen-bond donors (Lipinski definition) is 2. The molecule has 1 fully saturated rings. The topological polar surface area (TPSA) is 78.9 Å². The first kappa shape index (κ1) is 19.1. The van der Waals surface area contributed by atoms with Crippen molar-refractivity contribution in [3.63, 3.8) is 0 Å². The number of nitrogens with zero attached hydrogens (tertiary/aromatic N) is 1. The summed E-state index contributed by atoms with van der Waals surface area (Å²) in [5, 5.41) is 12.1. The highest BCUT2D eigenvalue weighted by atomic mass is 16.5. The summed E-state index contributed by atoms with van der Waals surface area (Å²) in [6.45, 7) is 7.37. The first-order chi connectivity index (χ1) is 11.8. The summed E-state index contributed by atoms with van der Waals surface area (Å²) < 4.78 is 5.61. The van der Waals surface area contributed by atoms with Crippen molar-refractivity contribution >= 4 is 12.0 Å². The molecule has 2 unspecified atom stereocenters. The molecule has 0 spiro atoms. The largest absolute Gasteiger partial charge is 0.491 e. The summed E-state index contributed by atoms with van der Waals surface area (Å²) in [7, 11) is 0. The fourth-order valence-electron chi connectivity index (χ4n) is 3.13. The molecule has 1 aromatic rings. The van der Waals surface area contributed by atoms with Gasteiger partial charge in [-0.05, 0) is 50.3 Å². The number of likely N-dealkylation sites (tertiary alicyclic amines) is 1. The lowest BCUT2D eigenvalue weighted by Crippen LogP contribution is -2.49. The number of carboxylic acids is 1. The van der Waals surface area contributed by atoms with Crippen LogP contribution in [0.25, 0.3) is 0 Å². The van der Waals surface area contributed by atoms with E-state index in [1.54, 1.807) is 4.90 Å². The Morgan fingerprint density at radius 1 is 1.28 bits per heavy atom. The second-order valence-electron chi connectivity index (χ2n) is 7.07. The molecule has 2 atom stereocenters. The Labute approximate surface area is 149 Å². The predicted molar refractivity (Wildman–Crippen MR) is 95.8 cm³/mol. The van der Waals surface area contributed by atoms with Crippen LogP contribution in [0.5, 0.6) is 5.75 Å². The molecule has 2 amide bonds. The average molecular weight is 348 g/mol. The quantitative estimate of drug-likeness (QED) is 0.828. The van der Waals surface area contributed by atoms with Crippen molar-refractivity contribution < 1.29 is 19.4 Å². The van der Waals surface area contributed by atoms with Gasteiger partial charge in [0.2, 0.25) is 0 Å². The van der Waals surface area contributed by atoms with E-state index in [-0.39, 0.29) is 24.6 Å². The van der Waals surface area contributed by atoms with E-state index in [2.05, 4.69) is 5.32 Å². The van der Waals surface area contributed by atoms with Gasteiger partial charge in [0, 0.05) is 19.6 Å². The summed E-state index contributed by atoms with van der Waals surface area (Å²) in [5.41, 5.74) is 1.12. The van der Waals surface area contributed by atoms with E-state index in [1.165, 1.54) is 0 Å². The third kappa shape index (κ3) is 5.96. The van der Waals surface area contributed by atoms with Crippen LogP contribution in [-0.2, 0) is 11.2 Å². The number of aliphatic carboxylic acids is 1. The smallest absolute Gasteiger partial charge is 0.317 e. The van der Waals surface area contributed by atoms with Crippen LogP contribution in [0.2, 0.25) is 0 Å². The normalized spacial score (nSPS) is 20.4. The molecule has 25 heavy (non-hydrogen) atoms. The van der Waals surface area contributed by atoms with Crippen LogP contribution in [0, 0.1) is 11.8 Å². The molecule has 0 bridgehead atoms. The van der Waals surface area contributed by atoms with Gasteiger partial charge in [-0.25, -0.2) is 4.79 Å². The van der Waals surface area contributed by atoms with Gasteiger partial charge in [-0.1, -0.05) is 19.1 Å². The molecule has 0 radical (unpaired) electrons. The standard InChI is InChI=1S/C19H28N2O4/c1-13(2)25-17-6-4-15(5-7-17)8-9-20-19(24)21-11-14(3)10-16(12-21)18(22)23/h4-7,13-14,16H,8-12H2,1-3H3,(H,20,24)(H,22,23). The molecule has 2 rings (SSSR count). The van der Waals surface area contributed by atoms with E-state index < -0.39 is 11.9 Å². The van der Waals surface area contributed by atoms with Crippen molar-refractivity contribution in [2.24, 2.45) is 11.8 Å². The Balaban J connectivity index is 1.79. The van der Waals surface area contributed by atoms with E-state index in [0.29, 0.717) is 19.5 Å². The fourth-order valence-corrected chi connectivity index (χ4v) is 3.13. The van der Waals surface area contributed by atoms with Crippen LogP contribution < -0.4 is 10.1 Å². The number of rotatable bonds is 6. The van der Waals surface area contributed by atoms with E-state index in [0.717, 1.165) is 17.7 Å². The lowest BCUT2D eigenvalue weighted by Gasteiger charge is -2.34. The number of nitrogens with one attached hydrogen (secondary N) is 1. The molecule has 0 aliphatic carbocycles. The Morgan fingerprint density at radius 2 is 1.96 bits per heavy atom. The minimum Gasteiger partial charge on any atom is -0.491 e. The molecule has 6 heteroatoms. The Hall–Kier alpha value is -2.24. The summed E-state index contributed by atoms with van der Waals surface area (Å²) in [4.78, 5) is 25.1. The van der Waals surface area contributed by atoms with Gasteiger partial charge in [0.15, 0.2) is 0 Å². The maximum absolute atomic E-state index is 12.3. The van der Waals surface area contributed by atoms with Crippen molar-refractivity contribution in [2.45, 2.75) is 39.7 Å². The number of urea groups is 1. The molecule has 0 saturated carbocycles. The van der Waals surface area contributed by atoms with Crippen molar-refractivity contribution in [3.8, 4) is 5.75 Å². The first-order valence-electron chi connectivity index (χ1n) is 8.86.